The van der Waals surface area contributed by atoms with Crippen LogP contribution in [0.2, 0.25) is 0 Å². The Hall–Kier alpha value is -2.56. The fraction of sp³-hybridized carbons (Fsp3) is 0.333. The summed E-state index contributed by atoms with van der Waals surface area (Å²) in [6.07, 6.45) is 1.01. The van der Waals surface area contributed by atoms with E-state index in [0.29, 0.717) is 5.69 Å². The van der Waals surface area contributed by atoms with Gasteiger partial charge in [0.15, 0.2) is 0 Å². The molecule has 0 saturated carbocycles. The molecule has 2 rings (SSSR count). The van der Waals surface area contributed by atoms with Gasteiger partial charge in [0.05, 0.1) is 6.61 Å². The van der Waals surface area contributed by atoms with E-state index in [0.717, 1.165) is 23.6 Å². The van der Waals surface area contributed by atoms with Crippen molar-refractivity contribution in [2.75, 3.05) is 11.5 Å². The molecule has 1 atom stereocenters. The molecule has 0 fully saturated rings. The topological polar surface area (TPSA) is 66.8 Å². The van der Waals surface area contributed by atoms with E-state index in [4.69, 9.17) is 4.74 Å². The SMILES string of the molecule is CCCCOC(=O)N(c1ccc2ccccc2c1)[C@@H](C)C(=O)O. The van der Waals surface area contributed by atoms with Crippen molar-refractivity contribution in [1.82, 2.24) is 0 Å². The Morgan fingerprint density at radius 1 is 1.17 bits per heavy atom. The van der Waals surface area contributed by atoms with Crippen molar-refractivity contribution in [3.05, 3.63) is 42.5 Å². The third-order valence-electron chi connectivity index (χ3n) is 3.68. The lowest BCUT2D eigenvalue weighted by Gasteiger charge is -2.26. The van der Waals surface area contributed by atoms with E-state index < -0.39 is 18.1 Å². The van der Waals surface area contributed by atoms with Crippen molar-refractivity contribution in [2.24, 2.45) is 0 Å². The van der Waals surface area contributed by atoms with E-state index in [2.05, 4.69) is 0 Å². The number of ether oxygens (including phenoxy) is 1. The number of fused-ring (bicyclic) bond motifs is 1. The van der Waals surface area contributed by atoms with Crippen LogP contribution in [0, 0.1) is 0 Å². The number of hydrogen-bond acceptors (Lipinski definition) is 3. The van der Waals surface area contributed by atoms with Crippen LogP contribution >= 0.6 is 0 Å². The van der Waals surface area contributed by atoms with Gasteiger partial charge in [-0.25, -0.2) is 9.59 Å². The monoisotopic (exact) mass is 315 g/mol. The van der Waals surface area contributed by atoms with E-state index in [9.17, 15) is 14.7 Å². The van der Waals surface area contributed by atoms with Crippen LogP contribution in [-0.4, -0.2) is 29.8 Å². The Bertz CT molecular complexity index is 698. The Morgan fingerprint density at radius 3 is 2.52 bits per heavy atom. The molecule has 0 aromatic heterocycles. The zero-order valence-electron chi connectivity index (χ0n) is 13.4. The number of carbonyl (C=O) groups excluding carboxylic acids is 1. The molecule has 2 aromatic carbocycles. The van der Waals surface area contributed by atoms with Crippen molar-refractivity contribution >= 4 is 28.5 Å². The van der Waals surface area contributed by atoms with Gasteiger partial charge in [0.25, 0.3) is 0 Å². The molecule has 0 aliphatic carbocycles. The van der Waals surface area contributed by atoms with Crippen molar-refractivity contribution in [2.45, 2.75) is 32.7 Å². The zero-order valence-corrected chi connectivity index (χ0v) is 13.4. The van der Waals surface area contributed by atoms with Crippen molar-refractivity contribution in [1.29, 1.82) is 0 Å². The number of benzene rings is 2. The largest absolute Gasteiger partial charge is 0.480 e. The Balaban J connectivity index is 2.34. The number of aliphatic carboxylic acids is 1. The summed E-state index contributed by atoms with van der Waals surface area (Å²) in [4.78, 5) is 24.9. The Morgan fingerprint density at radius 2 is 1.87 bits per heavy atom. The van der Waals surface area contributed by atoms with Gasteiger partial charge in [0, 0.05) is 5.69 Å². The fourth-order valence-corrected chi connectivity index (χ4v) is 2.30. The first kappa shape index (κ1) is 16.8. The minimum Gasteiger partial charge on any atom is -0.480 e. The lowest BCUT2D eigenvalue weighted by Crippen LogP contribution is -2.44. The van der Waals surface area contributed by atoms with Gasteiger partial charge in [0.2, 0.25) is 0 Å². The number of unbranched alkanes of at least 4 members (excludes halogenated alkanes) is 1. The number of carboxylic acids is 1. The maximum atomic E-state index is 12.3. The predicted molar refractivity (Wildman–Crippen MR) is 89.8 cm³/mol. The summed E-state index contributed by atoms with van der Waals surface area (Å²) in [7, 11) is 0. The molecule has 0 aliphatic heterocycles. The van der Waals surface area contributed by atoms with Crippen molar-refractivity contribution in [3.63, 3.8) is 0 Å². The first-order valence-electron chi connectivity index (χ1n) is 7.72. The molecule has 0 heterocycles. The summed E-state index contributed by atoms with van der Waals surface area (Å²) in [5.74, 6) is -1.08. The summed E-state index contributed by atoms with van der Waals surface area (Å²) in [6.45, 7) is 3.75. The average molecular weight is 315 g/mol. The summed E-state index contributed by atoms with van der Waals surface area (Å²) in [6, 6.07) is 12.1. The predicted octanol–water partition coefficient (Wildman–Crippen LogP) is 4.06. The second-order valence-corrected chi connectivity index (χ2v) is 5.38. The van der Waals surface area contributed by atoms with Crippen LogP contribution in [0.5, 0.6) is 0 Å². The molecule has 122 valence electrons. The van der Waals surface area contributed by atoms with Crippen LogP contribution in [0.15, 0.2) is 42.5 Å². The van der Waals surface area contributed by atoms with Crippen LogP contribution in [0.3, 0.4) is 0 Å². The van der Waals surface area contributed by atoms with Gasteiger partial charge in [-0.1, -0.05) is 43.7 Å². The molecule has 5 nitrogen and oxygen atoms in total. The molecule has 5 heteroatoms. The number of amides is 1. The molecule has 0 unspecified atom stereocenters. The summed E-state index contributed by atoms with van der Waals surface area (Å²) in [5.41, 5.74) is 0.514. The molecular formula is C18H21NO4. The first-order chi connectivity index (χ1) is 11.0. The Kier molecular flexibility index (Phi) is 5.57. The van der Waals surface area contributed by atoms with Crippen LogP contribution in [0.4, 0.5) is 10.5 Å². The molecule has 1 amide bonds. The molecule has 0 aliphatic rings. The van der Waals surface area contributed by atoms with E-state index in [1.54, 1.807) is 12.1 Å². The van der Waals surface area contributed by atoms with Crippen LogP contribution < -0.4 is 4.90 Å². The summed E-state index contributed by atoms with van der Waals surface area (Å²) >= 11 is 0. The van der Waals surface area contributed by atoms with E-state index in [-0.39, 0.29) is 6.61 Å². The van der Waals surface area contributed by atoms with Gasteiger partial charge in [0.1, 0.15) is 6.04 Å². The van der Waals surface area contributed by atoms with Crippen LogP contribution in [0.25, 0.3) is 10.8 Å². The molecule has 0 radical (unpaired) electrons. The lowest BCUT2D eigenvalue weighted by atomic mass is 10.1. The maximum Gasteiger partial charge on any atom is 0.415 e. The minimum absolute atomic E-state index is 0.283. The second kappa shape index (κ2) is 7.63. The number of anilines is 1. The molecule has 0 saturated heterocycles. The smallest absolute Gasteiger partial charge is 0.415 e. The third kappa shape index (κ3) is 4.00. The molecule has 0 bridgehead atoms. The zero-order chi connectivity index (χ0) is 16.8. The van der Waals surface area contributed by atoms with Gasteiger partial charge in [-0.05, 0) is 36.2 Å². The van der Waals surface area contributed by atoms with Crippen molar-refractivity contribution in [3.8, 4) is 0 Å². The maximum absolute atomic E-state index is 12.3. The van der Waals surface area contributed by atoms with Gasteiger partial charge in [-0.2, -0.15) is 0 Å². The minimum atomic E-state index is -1.08. The fourth-order valence-electron chi connectivity index (χ4n) is 2.30. The van der Waals surface area contributed by atoms with Gasteiger partial charge in [-0.3, -0.25) is 4.90 Å². The highest BCUT2D eigenvalue weighted by atomic mass is 16.6. The number of carbonyl (C=O) groups is 2. The summed E-state index contributed by atoms with van der Waals surface area (Å²) < 4.78 is 5.21. The van der Waals surface area contributed by atoms with Gasteiger partial charge in [-0.15, -0.1) is 0 Å². The first-order valence-corrected chi connectivity index (χ1v) is 7.72. The third-order valence-corrected chi connectivity index (χ3v) is 3.68. The molecule has 1 N–H and O–H groups in total. The van der Waals surface area contributed by atoms with Gasteiger partial charge >= 0.3 is 12.1 Å². The molecular weight excluding hydrogens is 294 g/mol. The molecule has 2 aromatic rings. The van der Waals surface area contributed by atoms with Crippen LogP contribution in [-0.2, 0) is 9.53 Å². The number of hydrogen-bond donors (Lipinski definition) is 1. The number of carboxylic acid groups (broad SMARTS) is 1. The Labute approximate surface area is 135 Å². The molecule has 23 heavy (non-hydrogen) atoms. The normalized spacial score (nSPS) is 11.9. The highest BCUT2D eigenvalue weighted by Crippen LogP contribution is 2.24. The van der Waals surface area contributed by atoms with Crippen molar-refractivity contribution < 1.29 is 19.4 Å². The average Bonchev–Trinajstić information content (AvgIpc) is 2.55. The number of rotatable bonds is 6. The lowest BCUT2D eigenvalue weighted by molar-refractivity contribution is -0.138. The quantitative estimate of drug-likeness (QED) is 0.816. The van der Waals surface area contributed by atoms with E-state index >= 15 is 0 Å². The highest BCUT2D eigenvalue weighted by Gasteiger charge is 2.28. The van der Waals surface area contributed by atoms with E-state index in [1.165, 1.54) is 11.8 Å². The second-order valence-electron chi connectivity index (χ2n) is 5.38. The number of nitrogens with zero attached hydrogens (tertiary/aromatic N) is 1. The van der Waals surface area contributed by atoms with Crippen LogP contribution in [0.1, 0.15) is 26.7 Å². The molecule has 0 spiro atoms. The van der Waals surface area contributed by atoms with Gasteiger partial charge < -0.3 is 9.84 Å². The van der Waals surface area contributed by atoms with E-state index in [1.807, 2.05) is 37.3 Å². The highest BCUT2D eigenvalue weighted by molar-refractivity contribution is 5.97. The standard InChI is InChI=1S/C18H21NO4/c1-3-4-11-23-18(22)19(13(2)17(20)21)16-10-9-14-7-5-6-8-15(14)12-16/h5-10,12-13H,3-4,11H2,1-2H3,(H,20,21)/t13-/m0/s1. The summed E-state index contributed by atoms with van der Waals surface area (Å²) in [5, 5.41) is 11.3.